The van der Waals surface area contributed by atoms with Gasteiger partial charge in [0.15, 0.2) is 5.16 Å². The lowest BCUT2D eigenvalue weighted by molar-refractivity contribution is -0.146. The van der Waals surface area contributed by atoms with Crippen LogP contribution in [0.2, 0.25) is 0 Å². The number of ether oxygens (including phenoxy) is 1. The number of nitrogens with one attached hydrogen (secondary N) is 1. The topological polar surface area (TPSA) is 87.7 Å². The Bertz CT molecular complexity index is 1350. The van der Waals surface area contributed by atoms with Crippen molar-refractivity contribution in [3.05, 3.63) is 77.4 Å². The van der Waals surface area contributed by atoms with Crippen LogP contribution < -0.4 is 10.2 Å². The summed E-state index contributed by atoms with van der Waals surface area (Å²) in [5, 5.41) is 3.67. The molecule has 3 aromatic rings. The molecule has 2 aromatic carbocycles. The Balaban J connectivity index is 1.40. The fraction of sp³-hybridized carbons (Fsp3) is 0.438. The Kier molecular flexibility index (Phi) is 9.74. The molecule has 1 aromatic heterocycles. The van der Waals surface area contributed by atoms with Crippen LogP contribution in [0.5, 0.6) is 0 Å². The molecular formula is C32H38FN5O3S. The molecule has 0 bridgehead atoms. The summed E-state index contributed by atoms with van der Waals surface area (Å²) in [7, 11) is 0. The van der Waals surface area contributed by atoms with Gasteiger partial charge in [-0.05, 0) is 74.7 Å². The van der Waals surface area contributed by atoms with Crippen molar-refractivity contribution in [2.75, 3.05) is 42.3 Å². The van der Waals surface area contributed by atoms with E-state index >= 15 is 0 Å². The smallest absolute Gasteiger partial charge is 0.250 e. The molecule has 2 aliphatic rings. The van der Waals surface area contributed by atoms with Crippen molar-refractivity contribution >= 4 is 35.0 Å². The van der Waals surface area contributed by atoms with Gasteiger partial charge in [-0.3, -0.25) is 9.59 Å². The van der Waals surface area contributed by atoms with Gasteiger partial charge in [-0.25, -0.2) is 14.4 Å². The summed E-state index contributed by atoms with van der Waals surface area (Å²) in [4.78, 5) is 41.1. The van der Waals surface area contributed by atoms with Crippen molar-refractivity contribution in [1.29, 1.82) is 0 Å². The molecule has 0 unspecified atom stereocenters. The second kappa shape index (κ2) is 13.6. The van der Waals surface area contributed by atoms with Gasteiger partial charge < -0.3 is 19.9 Å². The molecule has 8 nitrogen and oxygen atoms in total. The van der Waals surface area contributed by atoms with Crippen molar-refractivity contribution in [3.8, 4) is 0 Å². The maximum atomic E-state index is 14.2. The summed E-state index contributed by atoms with van der Waals surface area (Å²) < 4.78 is 19.2. The van der Waals surface area contributed by atoms with Crippen LogP contribution in [0.4, 0.5) is 15.8 Å². The number of halogens is 1. The van der Waals surface area contributed by atoms with Crippen LogP contribution in [0.15, 0.2) is 59.8 Å². The molecule has 0 atom stereocenters. The molecule has 1 aliphatic carbocycles. The molecule has 0 spiro atoms. The average Bonchev–Trinajstić information content (AvgIpc) is 3.00. The number of thioether (sulfide) groups is 1. The lowest BCUT2D eigenvalue weighted by Gasteiger charge is -2.45. The highest BCUT2D eigenvalue weighted by Gasteiger charge is 2.47. The van der Waals surface area contributed by atoms with E-state index in [1.165, 1.54) is 23.9 Å². The van der Waals surface area contributed by atoms with Gasteiger partial charge in [0.1, 0.15) is 11.4 Å². The van der Waals surface area contributed by atoms with Crippen LogP contribution in [0.3, 0.4) is 0 Å². The lowest BCUT2D eigenvalue weighted by Crippen LogP contribution is -2.60. The van der Waals surface area contributed by atoms with Crippen LogP contribution in [-0.4, -0.2) is 64.3 Å². The van der Waals surface area contributed by atoms with E-state index in [1.807, 2.05) is 44.2 Å². The number of hydrogen-bond acceptors (Lipinski definition) is 7. The first-order valence-electron chi connectivity index (χ1n) is 14.6. The summed E-state index contributed by atoms with van der Waals surface area (Å²) in [5.74, 6) is -0.617. The Labute approximate surface area is 251 Å². The highest BCUT2D eigenvalue weighted by Crippen LogP contribution is 2.37. The molecule has 2 heterocycles. The monoisotopic (exact) mass is 591 g/mol. The molecule has 42 heavy (non-hydrogen) atoms. The first-order chi connectivity index (χ1) is 20.3. The number of aryl methyl sites for hydroxylation is 2. The van der Waals surface area contributed by atoms with E-state index in [9.17, 15) is 14.0 Å². The number of aromatic nitrogens is 2. The fourth-order valence-corrected chi connectivity index (χ4v) is 6.62. The summed E-state index contributed by atoms with van der Waals surface area (Å²) >= 11 is 1.27. The second-order valence-electron chi connectivity index (χ2n) is 11.0. The van der Waals surface area contributed by atoms with E-state index in [4.69, 9.17) is 4.74 Å². The van der Waals surface area contributed by atoms with Crippen molar-refractivity contribution in [2.24, 2.45) is 0 Å². The number of carbonyl (C=O) groups is 2. The molecule has 1 aliphatic heterocycles. The SMILES string of the molecule is Cc1cc(C)nc(SCC(=O)N(Cc2ccc(F)cc2)C2(C(=O)Nc3ccc(N4CCOCC4)cc3)CCCCC2)n1. The van der Waals surface area contributed by atoms with Gasteiger partial charge in [-0.1, -0.05) is 43.2 Å². The zero-order chi connectivity index (χ0) is 29.5. The summed E-state index contributed by atoms with van der Waals surface area (Å²) in [6, 6.07) is 15.9. The summed E-state index contributed by atoms with van der Waals surface area (Å²) in [6.07, 6.45) is 3.80. The third-order valence-corrected chi connectivity index (χ3v) is 8.80. The van der Waals surface area contributed by atoms with E-state index in [0.29, 0.717) is 36.9 Å². The summed E-state index contributed by atoms with van der Waals surface area (Å²) in [5.41, 5.74) is 3.18. The Morgan fingerprint density at radius 2 is 1.62 bits per heavy atom. The number of anilines is 2. The van der Waals surface area contributed by atoms with E-state index in [2.05, 4.69) is 20.2 Å². The maximum absolute atomic E-state index is 14.2. The molecule has 2 fully saturated rings. The minimum absolute atomic E-state index is 0.0906. The number of benzene rings is 2. The van der Waals surface area contributed by atoms with Crippen LogP contribution in [-0.2, 0) is 20.9 Å². The van der Waals surface area contributed by atoms with Gasteiger partial charge in [0, 0.05) is 42.4 Å². The number of hydrogen-bond donors (Lipinski definition) is 1. The predicted molar refractivity (Wildman–Crippen MR) is 163 cm³/mol. The molecule has 1 N–H and O–H groups in total. The molecule has 10 heteroatoms. The van der Waals surface area contributed by atoms with Crippen molar-refractivity contribution in [3.63, 3.8) is 0 Å². The van der Waals surface area contributed by atoms with Crippen molar-refractivity contribution in [1.82, 2.24) is 14.9 Å². The quantitative estimate of drug-likeness (QED) is 0.259. The minimum Gasteiger partial charge on any atom is -0.378 e. The molecule has 5 rings (SSSR count). The first-order valence-corrected chi connectivity index (χ1v) is 15.6. The molecule has 1 saturated carbocycles. The Morgan fingerprint density at radius 1 is 0.976 bits per heavy atom. The second-order valence-corrected chi connectivity index (χ2v) is 12.0. The number of morpholine rings is 1. The molecule has 0 radical (unpaired) electrons. The summed E-state index contributed by atoms with van der Waals surface area (Å²) in [6.45, 7) is 7.07. The average molecular weight is 592 g/mol. The van der Waals surface area contributed by atoms with Crippen LogP contribution >= 0.6 is 11.8 Å². The minimum atomic E-state index is -1.03. The number of amides is 2. The maximum Gasteiger partial charge on any atom is 0.250 e. The number of rotatable bonds is 9. The number of carbonyl (C=O) groups excluding carboxylic acids is 2. The normalized spacial score (nSPS) is 16.6. The predicted octanol–water partition coefficient (Wildman–Crippen LogP) is 5.53. The molecule has 2 amide bonds. The zero-order valence-electron chi connectivity index (χ0n) is 24.3. The first kappa shape index (κ1) is 30.0. The Hall–Kier alpha value is -3.50. The van der Waals surface area contributed by atoms with Crippen molar-refractivity contribution < 1.29 is 18.7 Å². The van der Waals surface area contributed by atoms with Gasteiger partial charge in [0.05, 0.1) is 19.0 Å². The molecule has 1 saturated heterocycles. The third-order valence-electron chi connectivity index (χ3n) is 7.96. The van der Waals surface area contributed by atoms with E-state index in [0.717, 1.165) is 55.0 Å². The van der Waals surface area contributed by atoms with Crippen LogP contribution in [0.25, 0.3) is 0 Å². The van der Waals surface area contributed by atoms with Crippen LogP contribution in [0, 0.1) is 19.7 Å². The zero-order valence-corrected chi connectivity index (χ0v) is 25.1. The van der Waals surface area contributed by atoms with Gasteiger partial charge in [0.2, 0.25) is 11.8 Å². The highest BCUT2D eigenvalue weighted by atomic mass is 32.2. The third kappa shape index (κ3) is 7.28. The van der Waals surface area contributed by atoms with Gasteiger partial charge >= 0.3 is 0 Å². The van der Waals surface area contributed by atoms with E-state index < -0.39 is 5.54 Å². The number of nitrogens with zero attached hydrogens (tertiary/aromatic N) is 4. The Morgan fingerprint density at radius 3 is 2.26 bits per heavy atom. The lowest BCUT2D eigenvalue weighted by atomic mass is 9.79. The van der Waals surface area contributed by atoms with Crippen LogP contribution in [0.1, 0.15) is 49.1 Å². The largest absolute Gasteiger partial charge is 0.378 e. The van der Waals surface area contributed by atoms with Gasteiger partial charge in [-0.15, -0.1) is 0 Å². The fourth-order valence-electron chi connectivity index (χ4n) is 5.79. The van der Waals surface area contributed by atoms with Crippen molar-refractivity contribution in [2.45, 2.75) is 63.2 Å². The highest BCUT2D eigenvalue weighted by molar-refractivity contribution is 7.99. The molecular weight excluding hydrogens is 553 g/mol. The van der Waals surface area contributed by atoms with Gasteiger partial charge in [0.25, 0.3) is 0 Å². The van der Waals surface area contributed by atoms with E-state index in [-0.39, 0.29) is 29.9 Å². The molecule has 222 valence electrons. The standard InChI is InChI=1S/C32H38FN5O3S/c1-23-20-24(2)35-31(34-23)42-22-29(39)38(21-25-6-8-26(33)9-7-25)32(14-4-3-5-15-32)30(40)36-27-10-12-28(13-11-27)37-16-18-41-19-17-37/h6-13,20H,3-5,14-19,21-22H2,1-2H3,(H,36,40). The van der Waals surface area contributed by atoms with Gasteiger partial charge in [-0.2, -0.15) is 0 Å². The van der Waals surface area contributed by atoms with E-state index in [1.54, 1.807) is 17.0 Å².